The molecule has 172 valence electrons. The largest absolute Gasteiger partial charge is 0.489 e. The molecule has 0 atom stereocenters. The summed E-state index contributed by atoms with van der Waals surface area (Å²) in [5.41, 5.74) is 1.48. The Kier molecular flexibility index (Phi) is 7.83. The predicted molar refractivity (Wildman–Crippen MR) is 122 cm³/mol. The molecule has 2 aromatic carbocycles. The normalized spacial score (nSPS) is 14.8. The number of hydrogen-bond acceptors (Lipinski definition) is 8. The average Bonchev–Trinajstić information content (AvgIpc) is 3.04. The van der Waals surface area contributed by atoms with Gasteiger partial charge in [-0.15, -0.1) is 0 Å². The van der Waals surface area contributed by atoms with Gasteiger partial charge in [0, 0.05) is 12.1 Å². The molecule has 0 aliphatic carbocycles. The van der Waals surface area contributed by atoms with Gasteiger partial charge in [0.1, 0.15) is 18.9 Å². The zero-order chi connectivity index (χ0) is 24.0. The van der Waals surface area contributed by atoms with Crippen molar-refractivity contribution in [2.75, 3.05) is 13.2 Å². The number of amides is 2. The molecule has 1 aliphatic rings. The summed E-state index contributed by atoms with van der Waals surface area (Å²) in [7, 11) is 0. The van der Waals surface area contributed by atoms with E-state index in [9.17, 15) is 24.5 Å². The van der Waals surface area contributed by atoms with Gasteiger partial charge in [0.05, 0.1) is 16.4 Å². The Hall–Kier alpha value is -3.66. The van der Waals surface area contributed by atoms with Crippen LogP contribution in [0.25, 0.3) is 6.08 Å². The van der Waals surface area contributed by atoms with Crippen LogP contribution in [0.1, 0.15) is 25.0 Å². The van der Waals surface area contributed by atoms with Crippen molar-refractivity contribution in [1.29, 1.82) is 0 Å². The Morgan fingerprint density at radius 1 is 1.12 bits per heavy atom. The molecule has 3 rings (SSSR count). The summed E-state index contributed by atoms with van der Waals surface area (Å²) in [5.74, 6) is -0.428. The van der Waals surface area contributed by atoms with E-state index in [1.807, 2.05) is 13.8 Å². The van der Waals surface area contributed by atoms with Gasteiger partial charge in [0.25, 0.3) is 16.8 Å². The Balaban J connectivity index is 1.57. The minimum atomic E-state index is -0.623. The van der Waals surface area contributed by atoms with Gasteiger partial charge >= 0.3 is 5.97 Å². The van der Waals surface area contributed by atoms with Crippen LogP contribution in [0.3, 0.4) is 0 Å². The number of carbonyl (C=O) groups excluding carboxylic acids is 3. The molecule has 0 N–H and O–H groups in total. The molecule has 1 saturated heterocycles. The van der Waals surface area contributed by atoms with Crippen molar-refractivity contribution < 1.29 is 28.8 Å². The number of carbonyl (C=O) groups is 3. The summed E-state index contributed by atoms with van der Waals surface area (Å²) in [6.45, 7) is 3.83. The van der Waals surface area contributed by atoms with Crippen molar-refractivity contribution in [2.45, 2.75) is 20.5 Å². The van der Waals surface area contributed by atoms with Crippen LogP contribution in [-0.4, -0.2) is 40.1 Å². The summed E-state index contributed by atoms with van der Waals surface area (Å²) in [6, 6.07) is 13.0. The maximum absolute atomic E-state index is 12.5. The summed E-state index contributed by atoms with van der Waals surface area (Å²) in [5, 5.41) is 10.2. The third kappa shape index (κ3) is 6.66. The van der Waals surface area contributed by atoms with Crippen LogP contribution < -0.4 is 4.74 Å². The molecule has 2 aromatic rings. The molecule has 0 spiro atoms. The first kappa shape index (κ1) is 24.0. The predicted octanol–water partition coefficient (Wildman–Crippen LogP) is 4.41. The third-order valence-corrected chi connectivity index (χ3v) is 5.38. The summed E-state index contributed by atoms with van der Waals surface area (Å²) in [6.07, 6.45) is 1.57. The number of imide groups is 1. The van der Waals surface area contributed by atoms with Crippen LogP contribution in [0.5, 0.6) is 5.75 Å². The van der Waals surface area contributed by atoms with E-state index in [1.54, 1.807) is 42.5 Å². The highest BCUT2D eigenvalue weighted by molar-refractivity contribution is 8.18. The number of hydrogen-bond donors (Lipinski definition) is 0. The number of nitro groups is 1. The van der Waals surface area contributed by atoms with Crippen molar-refractivity contribution in [2.24, 2.45) is 5.92 Å². The van der Waals surface area contributed by atoms with E-state index in [1.165, 1.54) is 12.1 Å². The van der Waals surface area contributed by atoms with Crippen molar-refractivity contribution in [3.8, 4) is 5.75 Å². The van der Waals surface area contributed by atoms with Crippen LogP contribution in [-0.2, 0) is 20.9 Å². The highest BCUT2D eigenvalue weighted by Crippen LogP contribution is 2.32. The minimum absolute atomic E-state index is 0.0139. The molecule has 0 unspecified atom stereocenters. The topological polar surface area (TPSA) is 116 Å². The number of non-ortho nitro benzene ring substituents is 1. The van der Waals surface area contributed by atoms with E-state index >= 15 is 0 Å². The van der Waals surface area contributed by atoms with Gasteiger partial charge in [-0.3, -0.25) is 29.4 Å². The number of ether oxygens (including phenoxy) is 2. The van der Waals surface area contributed by atoms with Crippen LogP contribution in [0.15, 0.2) is 53.4 Å². The number of nitrogens with zero attached hydrogens (tertiary/aromatic N) is 2. The molecule has 10 heteroatoms. The first-order valence-electron chi connectivity index (χ1n) is 10.1. The summed E-state index contributed by atoms with van der Waals surface area (Å²) in [4.78, 5) is 47.9. The monoisotopic (exact) mass is 470 g/mol. The summed E-state index contributed by atoms with van der Waals surface area (Å²) < 4.78 is 10.7. The molecule has 1 aliphatic heterocycles. The van der Waals surface area contributed by atoms with Crippen LogP contribution >= 0.6 is 11.8 Å². The second-order valence-electron chi connectivity index (χ2n) is 7.63. The number of rotatable bonds is 9. The quantitative estimate of drug-likeness (QED) is 0.229. The molecule has 2 amide bonds. The average molecular weight is 471 g/mol. The number of benzene rings is 2. The second kappa shape index (κ2) is 10.8. The van der Waals surface area contributed by atoms with E-state index < -0.39 is 28.6 Å². The third-order valence-electron chi connectivity index (χ3n) is 4.47. The Labute approximate surface area is 194 Å². The number of esters is 1. The molecule has 9 nitrogen and oxygen atoms in total. The van der Waals surface area contributed by atoms with Crippen LogP contribution in [0, 0.1) is 16.0 Å². The van der Waals surface area contributed by atoms with Crippen molar-refractivity contribution in [3.05, 3.63) is 74.7 Å². The van der Waals surface area contributed by atoms with Gasteiger partial charge < -0.3 is 9.47 Å². The fourth-order valence-corrected chi connectivity index (χ4v) is 3.60. The van der Waals surface area contributed by atoms with Crippen molar-refractivity contribution in [1.82, 2.24) is 4.90 Å². The minimum Gasteiger partial charge on any atom is -0.489 e. The first-order valence-corrected chi connectivity index (χ1v) is 10.9. The SMILES string of the molecule is CC(C)COC(=O)CN1C(=O)S/C(=C/c2ccc(OCc3ccc([N+](=O)[O-])cc3)cc2)C1=O. The molecule has 1 fully saturated rings. The molecule has 1 heterocycles. The molecule has 33 heavy (non-hydrogen) atoms. The lowest BCUT2D eigenvalue weighted by molar-refractivity contribution is -0.384. The van der Waals surface area contributed by atoms with Gasteiger partial charge in [0.2, 0.25) is 0 Å². The van der Waals surface area contributed by atoms with E-state index in [0.29, 0.717) is 11.3 Å². The van der Waals surface area contributed by atoms with Crippen molar-refractivity contribution in [3.63, 3.8) is 0 Å². The number of thioether (sulfide) groups is 1. The lowest BCUT2D eigenvalue weighted by Gasteiger charge is -2.12. The van der Waals surface area contributed by atoms with Gasteiger partial charge in [-0.25, -0.2) is 0 Å². The smallest absolute Gasteiger partial charge is 0.326 e. The van der Waals surface area contributed by atoms with E-state index in [-0.39, 0.29) is 29.7 Å². The number of nitro benzene ring substituents is 1. The van der Waals surface area contributed by atoms with E-state index in [2.05, 4.69) is 0 Å². The van der Waals surface area contributed by atoms with Gasteiger partial charge in [-0.1, -0.05) is 26.0 Å². The Morgan fingerprint density at radius 3 is 2.39 bits per heavy atom. The second-order valence-corrected chi connectivity index (χ2v) is 8.62. The zero-order valence-corrected chi connectivity index (χ0v) is 18.9. The Morgan fingerprint density at radius 2 is 1.79 bits per heavy atom. The van der Waals surface area contributed by atoms with E-state index in [4.69, 9.17) is 9.47 Å². The fraction of sp³-hybridized carbons (Fsp3) is 0.261. The molecular formula is C23H22N2O7S. The maximum Gasteiger partial charge on any atom is 0.326 e. The standard InChI is InChI=1S/C23H22N2O7S/c1-15(2)13-32-21(26)12-24-22(27)20(33-23(24)28)11-16-5-9-19(10-6-16)31-14-17-3-7-18(8-4-17)25(29)30/h3-11,15H,12-14H2,1-2H3/b20-11+. The first-order chi connectivity index (χ1) is 15.7. The van der Waals surface area contributed by atoms with Crippen LogP contribution in [0.2, 0.25) is 0 Å². The van der Waals surface area contributed by atoms with Gasteiger partial charge in [-0.2, -0.15) is 0 Å². The molecule has 0 bridgehead atoms. The van der Waals surface area contributed by atoms with Crippen LogP contribution in [0.4, 0.5) is 10.5 Å². The fourth-order valence-electron chi connectivity index (χ4n) is 2.76. The van der Waals surface area contributed by atoms with Gasteiger partial charge in [0.15, 0.2) is 0 Å². The summed E-state index contributed by atoms with van der Waals surface area (Å²) >= 11 is 0.769. The molecule has 0 saturated carbocycles. The maximum atomic E-state index is 12.5. The van der Waals surface area contributed by atoms with Gasteiger partial charge in [-0.05, 0) is 59.1 Å². The van der Waals surface area contributed by atoms with E-state index in [0.717, 1.165) is 22.2 Å². The van der Waals surface area contributed by atoms with Crippen molar-refractivity contribution >= 4 is 40.6 Å². The highest BCUT2D eigenvalue weighted by atomic mass is 32.2. The molecule has 0 aromatic heterocycles. The lowest BCUT2D eigenvalue weighted by atomic mass is 10.2. The molecule has 0 radical (unpaired) electrons. The zero-order valence-electron chi connectivity index (χ0n) is 18.1. The lowest BCUT2D eigenvalue weighted by Crippen LogP contribution is -2.34. The Bertz CT molecular complexity index is 1080. The molecular weight excluding hydrogens is 448 g/mol. The highest BCUT2D eigenvalue weighted by Gasteiger charge is 2.36.